The molecule has 3 nitrogen and oxygen atoms in total. The molecule has 1 N–H and O–H groups in total. The van der Waals surface area contributed by atoms with E-state index < -0.39 is 10.0 Å². The SMILES string of the molecule is O=S(=O)(NCC1CC1)c1ccc(Cl)cc1. The Balaban J connectivity index is 2.09. The molecule has 15 heavy (non-hydrogen) atoms. The van der Waals surface area contributed by atoms with Crippen molar-refractivity contribution in [2.45, 2.75) is 17.7 Å². The van der Waals surface area contributed by atoms with Gasteiger partial charge in [0, 0.05) is 11.6 Å². The topological polar surface area (TPSA) is 46.2 Å². The molecular weight excluding hydrogens is 234 g/mol. The van der Waals surface area contributed by atoms with Crippen LogP contribution in [0.5, 0.6) is 0 Å². The molecule has 82 valence electrons. The van der Waals surface area contributed by atoms with Crippen molar-refractivity contribution in [3.63, 3.8) is 0 Å². The van der Waals surface area contributed by atoms with E-state index in [1.807, 2.05) is 0 Å². The molecule has 0 saturated heterocycles. The molecule has 0 aliphatic heterocycles. The van der Waals surface area contributed by atoms with Crippen molar-refractivity contribution in [1.82, 2.24) is 4.72 Å². The summed E-state index contributed by atoms with van der Waals surface area (Å²) in [7, 11) is -3.34. The summed E-state index contributed by atoms with van der Waals surface area (Å²) in [6, 6.07) is 6.18. The number of hydrogen-bond acceptors (Lipinski definition) is 2. The van der Waals surface area contributed by atoms with Gasteiger partial charge in [-0.1, -0.05) is 11.6 Å². The van der Waals surface area contributed by atoms with Gasteiger partial charge in [-0.3, -0.25) is 0 Å². The summed E-state index contributed by atoms with van der Waals surface area (Å²) in [5.41, 5.74) is 0. The normalized spacial score (nSPS) is 16.6. The second-order valence-electron chi connectivity index (χ2n) is 3.75. The van der Waals surface area contributed by atoms with Crippen LogP contribution in [0.1, 0.15) is 12.8 Å². The van der Waals surface area contributed by atoms with E-state index in [1.54, 1.807) is 12.1 Å². The molecule has 0 unspecified atom stereocenters. The Labute approximate surface area is 94.5 Å². The van der Waals surface area contributed by atoms with Crippen molar-refractivity contribution in [1.29, 1.82) is 0 Å². The van der Waals surface area contributed by atoms with Gasteiger partial charge in [0.1, 0.15) is 0 Å². The average Bonchev–Trinajstić information content (AvgIpc) is 2.99. The number of hydrogen-bond donors (Lipinski definition) is 1. The lowest BCUT2D eigenvalue weighted by Crippen LogP contribution is -2.25. The van der Waals surface area contributed by atoms with Gasteiger partial charge in [0.05, 0.1) is 4.90 Å². The van der Waals surface area contributed by atoms with Gasteiger partial charge in [0.15, 0.2) is 0 Å². The second-order valence-corrected chi connectivity index (χ2v) is 5.95. The van der Waals surface area contributed by atoms with E-state index in [0.717, 1.165) is 12.8 Å². The van der Waals surface area contributed by atoms with Crippen LogP contribution in [-0.4, -0.2) is 15.0 Å². The van der Waals surface area contributed by atoms with Crippen molar-refractivity contribution >= 4 is 21.6 Å². The van der Waals surface area contributed by atoms with Crippen LogP contribution in [0.4, 0.5) is 0 Å². The molecule has 0 atom stereocenters. The molecule has 1 aliphatic rings. The van der Waals surface area contributed by atoms with Crippen molar-refractivity contribution < 1.29 is 8.42 Å². The molecule has 1 aromatic carbocycles. The van der Waals surface area contributed by atoms with Crippen LogP contribution in [-0.2, 0) is 10.0 Å². The summed E-state index contributed by atoms with van der Waals surface area (Å²) in [4.78, 5) is 0.271. The van der Waals surface area contributed by atoms with E-state index in [1.165, 1.54) is 12.1 Å². The van der Waals surface area contributed by atoms with Gasteiger partial charge < -0.3 is 0 Å². The second kappa shape index (κ2) is 4.12. The highest BCUT2D eigenvalue weighted by molar-refractivity contribution is 7.89. The van der Waals surface area contributed by atoms with Crippen LogP contribution in [0.3, 0.4) is 0 Å². The van der Waals surface area contributed by atoms with Gasteiger partial charge in [-0.15, -0.1) is 0 Å². The van der Waals surface area contributed by atoms with E-state index in [0.29, 0.717) is 17.5 Å². The fraction of sp³-hybridized carbons (Fsp3) is 0.400. The molecule has 2 rings (SSSR count). The maximum Gasteiger partial charge on any atom is 0.240 e. The summed E-state index contributed by atoms with van der Waals surface area (Å²) in [6.45, 7) is 0.547. The van der Waals surface area contributed by atoms with Gasteiger partial charge in [-0.05, 0) is 43.0 Å². The van der Waals surface area contributed by atoms with Crippen molar-refractivity contribution in [2.75, 3.05) is 6.54 Å². The van der Waals surface area contributed by atoms with E-state index in [2.05, 4.69) is 4.72 Å². The summed E-state index contributed by atoms with van der Waals surface area (Å²) in [6.07, 6.45) is 2.26. The lowest BCUT2D eigenvalue weighted by atomic mass is 10.4. The third kappa shape index (κ3) is 2.93. The fourth-order valence-corrected chi connectivity index (χ4v) is 2.49. The zero-order valence-corrected chi connectivity index (χ0v) is 9.68. The fourth-order valence-electron chi connectivity index (χ4n) is 1.25. The number of benzene rings is 1. The molecule has 1 saturated carbocycles. The van der Waals surface area contributed by atoms with Gasteiger partial charge in [0.2, 0.25) is 10.0 Å². The van der Waals surface area contributed by atoms with Crippen LogP contribution in [0, 0.1) is 5.92 Å². The molecule has 1 aliphatic carbocycles. The molecule has 1 fully saturated rings. The van der Waals surface area contributed by atoms with Gasteiger partial charge in [-0.2, -0.15) is 0 Å². The molecule has 0 bridgehead atoms. The van der Waals surface area contributed by atoms with E-state index in [-0.39, 0.29) is 4.90 Å². The highest BCUT2D eigenvalue weighted by Gasteiger charge is 2.24. The minimum atomic E-state index is -3.34. The lowest BCUT2D eigenvalue weighted by molar-refractivity contribution is 0.577. The highest BCUT2D eigenvalue weighted by Crippen LogP contribution is 2.28. The summed E-state index contributed by atoms with van der Waals surface area (Å²) < 4.78 is 26.0. The Kier molecular flexibility index (Phi) is 3.00. The molecule has 0 radical (unpaired) electrons. The number of halogens is 1. The maximum atomic E-state index is 11.7. The largest absolute Gasteiger partial charge is 0.240 e. The Morgan fingerprint density at radius 1 is 1.27 bits per heavy atom. The van der Waals surface area contributed by atoms with Crippen molar-refractivity contribution in [2.24, 2.45) is 5.92 Å². The van der Waals surface area contributed by atoms with Crippen LogP contribution < -0.4 is 4.72 Å². The van der Waals surface area contributed by atoms with E-state index in [4.69, 9.17) is 11.6 Å². The molecule has 0 heterocycles. The first kappa shape index (κ1) is 10.9. The molecule has 0 amide bonds. The van der Waals surface area contributed by atoms with Crippen molar-refractivity contribution in [3.05, 3.63) is 29.3 Å². The zero-order valence-electron chi connectivity index (χ0n) is 8.11. The predicted octanol–water partition coefficient (Wildman–Crippen LogP) is 2.03. The summed E-state index contributed by atoms with van der Waals surface area (Å²) in [5, 5.41) is 0.538. The Morgan fingerprint density at radius 2 is 1.87 bits per heavy atom. The number of rotatable bonds is 4. The smallest absolute Gasteiger partial charge is 0.211 e. The number of sulfonamides is 1. The molecule has 5 heteroatoms. The molecule has 1 aromatic rings. The lowest BCUT2D eigenvalue weighted by Gasteiger charge is -2.05. The average molecular weight is 246 g/mol. The monoisotopic (exact) mass is 245 g/mol. The van der Waals surface area contributed by atoms with Gasteiger partial charge in [-0.25, -0.2) is 13.1 Å². The predicted molar refractivity (Wildman–Crippen MR) is 59.4 cm³/mol. The first-order valence-electron chi connectivity index (χ1n) is 4.83. The van der Waals surface area contributed by atoms with Crippen LogP contribution >= 0.6 is 11.6 Å². The van der Waals surface area contributed by atoms with Gasteiger partial charge in [0.25, 0.3) is 0 Å². The minimum Gasteiger partial charge on any atom is -0.211 e. The van der Waals surface area contributed by atoms with Crippen LogP contribution in [0.15, 0.2) is 29.2 Å². The zero-order chi connectivity index (χ0) is 10.9. The highest BCUT2D eigenvalue weighted by atomic mass is 35.5. The molecule has 0 spiro atoms. The Bertz CT molecular complexity index is 437. The maximum absolute atomic E-state index is 11.7. The van der Waals surface area contributed by atoms with Crippen molar-refractivity contribution in [3.8, 4) is 0 Å². The Hall–Kier alpha value is -0.580. The first-order chi connectivity index (χ1) is 7.08. The molecule has 0 aromatic heterocycles. The minimum absolute atomic E-state index is 0.271. The quantitative estimate of drug-likeness (QED) is 0.882. The van der Waals surface area contributed by atoms with Crippen LogP contribution in [0.25, 0.3) is 0 Å². The number of nitrogens with one attached hydrogen (secondary N) is 1. The Morgan fingerprint density at radius 3 is 2.40 bits per heavy atom. The first-order valence-corrected chi connectivity index (χ1v) is 6.69. The summed E-state index contributed by atoms with van der Waals surface area (Å²) >= 11 is 5.68. The summed E-state index contributed by atoms with van der Waals surface area (Å²) in [5.74, 6) is 0.534. The standard InChI is InChI=1S/C10H12ClNO2S/c11-9-3-5-10(6-4-9)15(13,14)12-7-8-1-2-8/h3-6,8,12H,1-2,7H2. The third-order valence-corrected chi connectivity index (χ3v) is 4.07. The van der Waals surface area contributed by atoms with Crippen LogP contribution in [0.2, 0.25) is 5.02 Å². The third-order valence-electron chi connectivity index (χ3n) is 2.38. The van der Waals surface area contributed by atoms with Gasteiger partial charge >= 0.3 is 0 Å². The van der Waals surface area contributed by atoms with E-state index >= 15 is 0 Å². The van der Waals surface area contributed by atoms with E-state index in [9.17, 15) is 8.42 Å². The molecular formula is C10H12ClNO2S.